The van der Waals surface area contributed by atoms with Gasteiger partial charge < -0.3 is 19.3 Å². The van der Waals surface area contributed by atoms with Crippen LogP contribution < -0.4 is 9.47 Å². The van der Waals surface area contributed by atoms with Gasteiger partial charge in [0.25, 0.3) is 0 Å². The van der Waals surface area contributed by atoms with Gasteiger partial charge in [-0.3, -0.25) is 9.59 Å². The lowest BCUT2D eigenvalue weighted by molar-refractivity contribution is -0.135. The van der Waals surface area contributed by atoms with E-state index in [9.17, 15) is 9.59 Å². The predicted octanol–water partition coefficient (Wildman–Crippen LogP) is 3.06. The number of nitrogens with zero attached hydrogens (tertiary/aromatic N) is 2. The molecule has 1 heterocycles. The minimum Gasteiger partial charge on any atom is -0.493 e. The van der Waals surface area contributed by atoms with Gasteiger partial charge in [0.05, 0.1) is 20.1 Å². The van der Waals surface area contributed by atoms with E-state index >= 15 is 0 Å². The third kappa shape index (κ3) is 4.93. The van der Waals surface area contributed by atoms with Crippen LogP contribution in [0.2, 0.25) is 0 Å². The molecule has 1 aliphatic heterocycles. The maximum Gasteiger partial charge on any atom is 0.228 e. The molecule has 0 N–H and O–H groups in total. The third-order valence-electron chi connectivity index (χ3n) is 5.73. The number of carbonyl (C=O) groups is 2. The number of likely N-dealkylation sites (tertiary alicyclic amines) is 1. The van der Waals surface area contributed by atoms with Gasteiger partial charge in [-0.1, -0.05) is 30.3 Å². The molecular formula is C24H30N2O4. The molecule has 2 amide bonds. The van der Waals surface area contributed by atoms with Gasteiger partial charge >= 0.3 is 0 Å². The second-order valence-corrected chi connectivity index (χ2v) is 7.80. The number of benzene rings is 2. The molecular weight excluding hydrogens is 380 g/mol. The lowest BCUT2D eigenvalue weighted by Crippen LogP contribution is -2.34. The Bertz CT molecular complexity index is 912. The number of aryl methyl sites for hydroxylation is 1. The number of hydrogen-bond donors (Lipinski definition) is 0. The van der Waals surface area contributed by atoms with E-state index in [1.807, 2.05) is 56.4 Å². The van der Waals surface area contributed by atoms with Crippen molar-refractivity contribution in [2.75, 3.05) is 34.4 Å². The van der Waals surface area contributed by atoms with Gasteiger partial charge in [0, 0.05) is 33.1 Å². The van der Waals surface area contributed by atoms with Crippen molar-refractivity contribution in [2.24, 2.45) is 5.92 Å². The fourth-order valence-electron chi connectivity index (χ4n) is 3.89. The summed E-state index contributed by atoms with van der Waals surface area (Å²) in [7, 11) is 5.02. The standard InChI is InChI=1S/C24H30N2O4/c1-17-7-5-6-8-19(17)15-25(2)24(28)20-14-23(27)26(16-20)12-11-18-9-10-21(29-3)22(13-18)30-4/h5-10,13,20H,11-12,14-16H2,1-4H3. The Hall–Kier alpha value is -3.02. The minimum absolute atomic E-state index is 0.0280. The molecule has 2 aromatic carbocycles. The van der Waals surface area contributed by atoms with Crippen LogP contribution in [0, 0.1) is 12.8 Å². The van der Waals surface area contributed by atoms with Crippen molar-refractivity contribution in [1.82, 2.24) is 9.80 Å². The molecule has 0 saturated carbocycles. The predicted molar refractivity (Wildman–Crippen MR) is 116 cm³/mol. The fraction of sp³-hybridized carbons (Fsp3) is 0.417. The zero-order valence-corrected chi connectivity index (χ0v) is 18.2. The Kier molecular flexibility index (Phi) is 6.98. The van der Waals surface area contributed by atoms with Crippen molar-refractivity contribution in [3.8, 4) is 11.5 Å². The maximum atomic E-state index is 12.9. The van der Waals surface area contributed by atoms with E-state index in [0.29, 0.717) is 37.6 Å². The first-order valence-corrected chi connectivity index (χ1v) is 10.2. The summed E-state index contributed by atoms with van der Waals surface area (Å²) in [4.78, 5) is 28.9. The maximum absolute atomic E-state index is 12.9. The first-order valence-electron chi connectivity index (χ1n) is 10.2. The smallest absolute Gasteiger partial charge is 0.228 e. The number of methoxy groups -OCH3 is 2. The number of rotatable bonds is 8. The summed E-state index contributed by atoms with van der Waals surface area (Å²) in [5.74, 6) is 1.14. The van der Waals surface area contributed by atoms with E-state index in [4.69, 9.17) is 9.47 Å². The topological polar surface area (TPSA) is 59.1 Å². The summed E-state index contributed by atoms with van der Waals surface area (Å²) in [6.07, 6.45) is 0.981. The van der Waals surface area contributed by atoms with E-state index in [1.54, 1.807) is 24.0 Å². The molecule has 2 aromatic rings. The molecule has 6 nitrogen and oxygen atoms in total. The molecule has 1 unspecified atom stereocenters. The molecule has 0 bridgehead atoms. The van der Waals surface area contributed by atoms with Gasteiger partial charge in [-0.05, 0) is 42.2 Å². The summed E-state index contributed by atoms with van der Waals surface area (Å²) in [6.45, 7) is 3.66. The largest absolute Gasteiger partial charge is 0.493 e. The van der Waals surface area contributed by atoms with E-state index in [-0.39, 0.29) is 24.2 Å². The van der Waals surface area contributed by atoms with Crippen LogP contribution in [0.25, 0.3) is 0 Å². The molecule has 1 aliphatic rings. The molecule has 0 aliphatic carbocycles. The highest BCUT2D eigenvalue weighted by molar-refractivity contribution is 5.89. The number of carbonyl (C=O) groups excluding carboxylic acids is 2. The highest BCUT2D eigenvalue weighted by atomic mass is 16.5. The highest BCUT2D eigenvalue weighted by Crippen LogP contribution is 2.28. The average Bonchev–Trinajstić information content (AvgIpc) is 3.13. The SMILES string of the molecule is COc1ccc(CCN2CC(C(=O)N(C)Cc3ccccc3C)CC2=O)cc1OC. The number of ether oxygens (including phenoxy) is 2. The molecule has 3 rings (SSSR count). The monoisotopic (exact) mass is 410 g/mol. The fourth-order valence-corrected chi connectivity index (χ4v) is 3.89. The van der Waals surface area contributed by atoms with E-state index in [0.717, 1.165) is 16.7 Å². The van der Waals surface area contributed by atoms with Gasteiger partial charge in [-0.25, -0.2) is 0 Å². The summed E-state index contributed by atoms with van der Waals surface area (Å²) in [5.41, 5.74) is 3.35. The lowest BCUT2D eigenvalue weighted by atomic mass is 10.1. The molecule has 1 saturated heterocycles. The molecule has 30 heavy (non-hydrogen) atoms. The highest BCUT2D eigenvalue weighted by Gasteiger charge is 2.35. The Morgan fingerprint density at radius 2 is 1.87 bits per heavy atom. The van der Waals surface area contributed by atoms with Crippen molar-refractivity contribution < 1.29 is 19.1 Å². The first-order chi connectivity index (χ1) is 14.4. The van der Waals surface area contributed by atoms with Crippen LogP contribution in [-0.4, -0.2) is 56.0 Å². The molecule has 0 aromatic heterocycles. The summed E-state index contributed by atoms with van der Waals surface area (Å²) in [5, 5.41) is 0. The number of amides is 2. The normalized spacial score (nSPS) is 15.9. The molecule has 160 valence electrons. The molecule has 0 radical (unpaired) electrons. The first kappa shape index (κ1) is 21.7. The van der Waals surface area contributed by atoms with Crippen LogP contribution in [0.15, 0.2) is 42.5 Å². The van der Waals surface area contributed by atoms with Crippen LogP contribution >= 0.6 is 0 Å². The van der Waals surface area contributed by atoms with Crippen LogP contribution in [0.3, 0.4) is 0 Å². The van der Waals surface area contributed by atoms with E-state index in [2.05, 4.69) is 0 Å². The number of hydrogen-bond acceptors (Lipinski definition) is 4. The summed E-state index contributed by atoms with van der Waals surface area (Å²) >= 11 is 0. The molecule has 0 spiro atoms. The van der Waals surface area contributed by atoms with Crippen LogP contribution in [0.5, 0.6) is 11.5 Å². The Morgan fingerprint density at radius 1 is 1.13 bits per heavy atom. The van der Waals surface area contributed by atoms with Crippen molar-refractivity contribution in [1.29, 1.82) is 0 Å². The summed E-state index contributed by atoms with van der Waals surface area (Å²) in [6, 6.07) is 13.8. The lowest BCUT2D eigenvalue weighted by Gasteiger charge is -2.22. The van der Waals surface area contributed by atoms with Crippen molar-refractivity contribution in [3.63, 3.8) is 0 Å². The van der Waals surface area contributed by atoms with Gasteiger partial charge in [-0.15, -0.1) is 0 Å². The molecule has 6 heteroatoms. The minimum atomic E-state index is -0.281. The Balaban J connectivity index is 1.56. The second kappa shape index (κ2) is 9.65. The van der Waals surface area contributed by atoms with Crippen LogP contribution in [-0.2, 0) is 22.6 Å². The average molecular weight is 411 g/mol. The van der Waals surface area contributed by atoms with Crippen LogP contribution in [0.4, 0.5) is 0 Å². The Labute approximate surface area is 178 Å². The van der Waals surface area contributed by atoms with Crippen molar-refractivity contribution >= 4 is 11.8 Å². The zero-order chi connectivity index (χ0) is 21.7. The van der Waals surface area contributed by atoms with Gasteiger partial charge in [0.1, 0.15) is 0 Å². The van der Waals surface area contributed by atoms with Gasteiger partial charge in [0.2, 0.25) is 11.8 Å². The van der Waals surface area contributed by atoms with Crippen molar-refractivity contribution in [2.45, 2.75) is 26.3 Å². The summed E-state index contributed by atoms with van der Waals surface area (Å²) < 4.78 is 10.6. The van der Waals surface area contributed by atoms with Crippen molar-refractivity contribution in [3.05, 3.63) is 59.2 Å². The van der Waals surface area contributed by atoms with Gasteiger partial charge in [-0.2, -0.15) is 0 Å². The van der Waals surface area contributed by atoms with E-state index < -0.39 is 0 Å². The third-order valence-corrected chi connectivity index (χ3v) is 5.73. The second-order valence-electron chi connectivity index (χ2n) is 7.80. The molecule has 1 fully saturated rings. The van der Waals surface area contributed by atoms with E-state index in [1.165, 1.54) is 0 Å². The Morgan fingerprint density at radius 3 is 2.57 bits per heavy atom. The quantitative estimate of drug-likeness (QED) is 0.671. The van der Waals surface area contributed by atoms with Crippen LogP contribution in [0.1, 0.15) is 23.1 Å². The van der Waals surface area contributed by atoms with Gasteiger partial charge in [0.15, 0.2) is 11.5 Å². The zero-order valence-electron chi connectivity index (χ0n) is 18.2. The molecule has 1 atom stereocenters.